The summed E-state index contributed by atoms with van der Waals surface area (Å²) in [7, 11) is 0. The monoisotopic (exact) mass is 224 g/mol. The number of halogens is 1. The van der Waals surface area contributed by atoms with E-state index in [-0.39, 0.29) is 12.4 Å². The van der Waals surface area contributed by atoms with Crippen LogP contribution in [0.2, 0.25) is 0 Å². The van der Waals surface area contributed by atoms with Crippen LogP contribution >= 0.6 is 12.4 Å². The van der Waals surface area contributed by atoms with Crippen molar-refractivity contribution >= 4 is 18.2 Å². The van der Waals surface area contributed by atoms with Gasteiger partial charge < -0.3 is 10.6 Å². The molecule has 0 spiro atoms. The molecule has 80 valence electrons. The molecule has 0 aliphatic carbocycles. The number of nitrogens with one attached hydrogen (secondary N) is 2. The lowest BCUT2D eigenvalue weighted by molar-refractivity contribution is 0.788. The summed E-state index contributed by atoms with van der Waals surface area (Å²) < 4.78 is 0. The fourth-order valence-electron chi connectivity index (χ4n) is 1.53. The Labute approximate surface area is 95.1 Å². The minimum Gasteiger partial charge on any atom is -0.366 e. The van der Waals surface area contributed by atoms with Crippen LogP contribution in [0.1, 0.15) is 12.0 Å². The molecule has 1 saturated heterocycles. The van der Waals surface area contributed by atoms with E-state index in [1.54, 1.807) is 12.3 Å². The van der Waals surface area contributed by atoms with Crippen LogP contribution in [0.15, 0.2) is 18.3 Å². The average molecular weight is 225 g/mol. The summed E-state index contributed by atoms with van der Waals surface area (Å²) in [5.74, 6) is 0.845. The van der Waals surface area contributed by atoms with Gasteiger partial charge in [-0.05, 0) is 25.1 Å². The molecule has 0 amide bonds. The summed E-state index contributed by atoms with van der Waals surface area (Å²) in [6.07, 6.45) is 2.71. The number of aromatic nitrogens is 1. The predicted octanol–water partition coefficient (Wildman–Crippen LogP) is 1.15. The Morgan fingerprint density at radius 2 is 2.40 bits per heavy atom. The van der Waals surface area contributed by atoms with Crippen LogP contribution in [0.5, 0.6) is 0 Å². The van der Waals surface area contributed by atoms with Crippen molar-refractivity contribution in [2.24, 2.45) is 0 Å². The van der Waals surface area contributed by atoms with Gasteiger partial charge in [0.1, 0.15) is 11.9 Å². The molecule has 5 heteroatoms. The highest BCUT2D eigenvalue weighted by Gasteiger charge is 2.13. The third-order valence-electron chi connectivity index (χ3n) is 2.30. The first-order valence-electron chi connectivity index (χ1n) is 4.72. The molecule has 1 aliphatic rings. The second kappa shape index (κ2) is 5.54. The standard InChI is InChI=1S/C10H12N4.ClH/c11-5-8-1-2-10(13-6-8)14-9-3-4-12-7-9;/h1-2,6,9,12H,3-4,7H2,(H,13,14);1H. The molecule has 0 aromatic carbocycles. The van der Waals surface area contributed by atoms with Gasteiger partial charge in [-0.15, -0.1) is 12.4 Å². The average Bonchev–Trinajstić information content (AvgIpc) is 2.72. The molecular weight excluding hydrogens is 212 g/mol. The normalized spacial score (nSPS) is 19.0. The van der Waals surface area contributed by atoms with Crippen molar-refractivity contribution in [3.63, 3.8) is 0 Å². The summed E-state index contributed by atoms with van der Waals surface area (Å²) in [5, 5.41) is 15.2. The van der Waals surface area contributed by atoms with Crippen LogP contribution in [-0.2, 0) is 0 Å². The Morgan fingerprint density at radius 1 is 1.53 bits per heavy atom. The van der Waals surface area contributed by atoms with E-state index in [4.69, 9.17) is 5.26 Å². The van der Waals surface area contributed by atoms with Gasteiger partial charge in [0.25, 0.3) is 0 Å². The fourth-order valence-corrected chi connectivity index (χ4v) is 1.53. The van der Waals surface area contributed by atoms with Gasteiger partial charge in [-0.2, -0.15) is 5.26 Å². The zero-order valence-corrected chi connectivity index (χ0v) is 9.05. The highest BCUT2D eigenvalue weighted by Crippen LogP contribution is 2.08. The molecule has 0 bridgehead atoms. The van der Waals surface area contributed by atoms with E-state index in [0.717, 1.165) is 25.3 Å². The first-order chi connectivity index (χ1) is 6.88. The summed E-state index contributed by atoms with van der Waals surface area (Å²) in [4.78, 5) is 4.15. The lowest BCUT2D eigenvalue weighted by atomic mass is 10.2. The van der Waals surface area contributed by atoms with Gasteiger partial charge in [-0.25, -0.2) is 4.98 Å². The fraction of sp³-hybridized carbons (Fsp3) is 0.400. The van der Waals surface area contributed by atoms with E-state index in [1.807, 2.05) is 12.1 Å². The minimum absolute atomic E-state index is 0. The quantitative estimate of drug-likeness (QED) is 0.791. The van der Waals surface area contributed by atoms with Gasteiger partial charge in [0.2, 0.25) is 0 Å². The van der Waals surface area contributed by atoms with Crippen molar-refractivity contribution < 1.29 is 0 Å². The lowest BCUT2D eigenvalue weighted by Crippen LogP contribution is -2.22. The largest absolute Gasteiger partial charge is 0.366 e. The smallest absolute Gasteiger partial charge is 0.126 e. The summed E-state index contributed by atoms with van der Waals surface area (Å²) in [6, 6.07) is 6.13. The Morgan fingerprint density at radius 3 is 2.93 bits per heavy atom. The number of hydrogen-bond acceptors (Lipinski definition) is 4. The van der Waals surface area contributed by atoms with Crippen molar-refractivity contribution in [3.8, 4) is 6.07 Å². The van der Waals surface area contributed by atoms with E-state index >= 15 is 0 Å². The van der Waals surface area contributed by atoms with E-state index in [1.165, 1.54) is 0 Å². The van der Waals surface area contributed by atoms with Gasteiger partial charge in [0.05, 0.1) is 5.56 Å². The zero-order chi connectivity index (χ0) is 9.80. The Hall–Kier alpha value is -1.31. The number of nitriles is 1. The third-order valence-corrected chi connectivity index (χ3v) is 2.30. The lowest BCUT2D eigenvalue weighted by Gasteiger charge is -2.11. The highest BCUT2D eigenvalue weighted by atomic mass is 35.5. The first kappa shape index (κ1) is 11.8. The van der Waals surface area contributed by atoms with Crippen molar-refractivity contribution in [1.82, 2.24) is 10.3 Å². The van der Waals surface area contributed by atoms with E-state index < -0.39 is 0 Å². The molecule has 0 radical (unpaired) electrons. The van der Waals surface area contributed by atoms with Crippen LogP contribution in [0.25, 0.3) is 0 Å². The minimum atomic E-state index is 0. The first-order valence-corrected chi connectivity index (χ1v) is 4.72. The summed E-state index contributed by atoms with van der Waals surface area (Å²) >= 11 is 0. The van der Waals surface area contributed by atoms with Crippen molar-refractivity contribution in [1.29, 1.82) is 5.26 Å². The molecule has 15 heavy (non-hydrogen) atoms. The number of pyridine rings is 1. The van der Waals surface area contributed by atoms with Crippen molar-refractivity contribution in [2.45, 2.75) is 12.5 Å². The molecular formula is C10H13ClN4. The van der Waals surface area contributed by atoms with Crippen LogP contribution < -0.4 is 10.6 Å². The van der Waals surface area contributed by atoms with Gasteiger partial charge in [0.15, 0.2) is 0 Å². The topological polar surface area (TPSA) is 60.7 Å². The summed E-state index contributed by atoms with van der Waals surface area (Å²) in [6.45, 7) is 2.05. The molecule has 0 saturated carbocycles. The second-order valence-electron chi connectivity index (χ2n) is 3.38. The van der Waals surface area contributed by atoms with E-state index in [2.05, 4.69) is 15.6 Å². The molecule has 1 unspecified atom stereocenters. The molecule has 1 aromatic rings. The van der Waals surface area contributed by atoms with Crippen molar-refractivity contribution in [2.75, 3.05) is 18.4 Å². The maximum atomic E-state index is 8.59. The van der Waals surface area contributed by atoms with Crippen LogP contribution in [-0.4, -0.2) is 24.1 Å². The summed E-state index contributed by atoms with van der Waals surface area (Å²) in [5.41, 5.74) is 0.597. The Kier molecular flexibility index (Phi) is 4.35. The molecule has 1 aliphatic heterocycles. The molecule has 4 nitrogen and oxygen atoms in total. The molecule has 2 rings (SSSR count). The van der Waals surface area contributed by atoms with Crippen LogP contribution in [0.4, 0.5) is 5.82 Å². The van der Waals surface area contributed by atoms with Crippen LogP contribution in [0.3, 0.4) is 0 Å². The van der Waals surface area contributed by atoms with E-state index in [0.29, 0.717) is 11.6 Å². The molecule has 2 N–H and O–H groups in total. The third kappa shape index (κ3) is 3.08. The highest BCUT2D eigenvalue weighted by molar-refractivity contribution is 5.85. The molecule has 1 aromatic heterocycles. The van der Waals surface area contributed by atoms with Crippen LogP contribution in [0, 0.1) is 11.3 Å². The Balaban J connectivity index is 0.00000112. The van der Waals surface area contributed by atoms with Gasteiger partial charge in [0, 0.05) is 18.8 Å². The number of anilines is 1. The SMILES string of the molecule is Cl.N#Cc1ccc(NC2CCNC2)nc1. The van der Waals surface area contributed by atoms with Crippen molar-refractivity contribution in [3.05, 3.63) is 23.9 Å². The van der Waals surface area contributed by atoms with Gasteiger partial charge in [-0.1, -0.05) is 0 Å². The predicted molar refractivity (Wildman–Crippen MR) is 61.1 cm³/mol. The number of rotatable bonds is 2. The van der Waals surface area contributed by atoms with Gasteiger partial charge in [-0.3, -0.25) is 0 Å². The molecule has 1 atom stereocenters. The van der Waals surface area contributed by atoms with E-state index in [9.17, 15) is 0 Å². The molecule has 2 heterocycles. The zero-order valence-electron chi connectivity index (χ0n) is 8.23. The maximum Gasteiger partial charge on any atom is 0.126 e. The second-order valence-corrected chi connectivity index (χ2v) is 3.38. The number of nitrogens with zero attached hydrogens (tertiary/aromatic N) is 2. The van der Waals surface area contributed by atoms with Gasteiger partial charge >= 0.3 is 0 Å². The Bertz CT molecular complexity index is 337. The number of hydrogen-bond donors (Lipinski definition) is 2. The molecule has 1 fully saturated rings. The maximum absolute atomic E-state index is 8.59.